The topological polar surface area (TPSA) is 108 Å². The van der Waals surface area contributed by atoms with Gasteiger partial charge in [0, 0.05) is 17.3 Å². The normalized spacial score (nSPS) is 10.7. The third-order valence-electron chi connectivity index (χ3n) is 3.37. The number of nitrogens with zero attached hydrogens (tertiary/aromatic N) is 5. The molecule has 0 unspecified atom stereocenters. The third-order valence-corrected chi connectivity index (χ3v) is 3.73. The fraction of sp³-hybridized carbons (Fsp3) is 0.133. The zero-order valence-electron chi connectivity index (χ0n) is 13.2. The summed E-state index contributed by atoms with van der Waals surface area (Å²) in [5.74, 6) is -0.896. The van der Waals surface area contributed by atoms with Gasteiger partial charge in [-0.1, -0.05) is 17.7 Å². The number of hydrogen-bond acceptors (Lipinski definition) is 5. The van der Waals surface area contributed by atoms with E-state index in [1.165, 1.54) is 29.1 Å². The first kappa shape index (κ1) is 17.5. The van der Waals surface area contributed by atoms with Crippen LogP contribution in [0.4, 0.5) is 16.0 Å². The Kier molecular flexibility index (Phi) is 4.94. The number of nitrogens with one attached hydrogen (secondary N) is 1. The van der Waals surface area contributed by atoms with Gasteiger partial charge >= 0.3 is 5.82 Å². The predicted octanol–water partition coefficient (Wildman–Crippen LogP) is 2.47. The predicted molar refractivity (Wildman–Crippen MR) is 90.3 cm³/mol. The number of nitro groups is 1. The molecule has 0 radical (unpaired) electrons. The highest BCUT2D eigenvalue weighted by Gasteiger charge is 2.14. The number of benzene rings is 1. The molecule has 2 aromatic heterocycles. The fourth-order valence-corrected chi connectivity index (χ4v) is 2.43. The van der Waals surface area contributed by atoms with Crippen molar-refractivity contribution in [2.24, 2.45) is 0 Å². The first-order valence-electron chi connectivity index (χ1n) is 7.36. The largest absolute Gasteiger partial charge is 0.389 e. The van der Waals surface area contributed by atoms with Crippen LogP contribution in [-0.2, 0) is 17.9 Å². The van der Waals surface area contributed by atoms with Crippen LogP contribution < -0.4 is 5.32 Å². The van der Waals surface area contributed by atoms with Gasteiger partial charge in [0.25, 0.3) is 0 Å². The molecule has 2 heterocycles. The van der Waals surface area contributed by atoms with Gasteiger partial charge in [0.2, 0.25) is 5.91 Å². The molecular weight excluding hydrogens is 367 g/mol. The van der Waals surface area contributed by atoms with E-state index in [2.05, 4.69) is 15.5 Å². The van der Waals surface area contributed by atoms with Crippen molar-refractivity contribution in [3.8, 4) is 0 Å². The van der Waals surface area contributed by atoms with E-state index in [-0.39, 0.29) is 17.4 Å². The van der Waals surface area contributed by atoms with Crippen molar-refractivity contribution in [3.63, 3.8) is 0 Å². The lowest BCUT2D eigenvalue weighted by Crippen LogP contribution is -2.19. The molecule has 134 valence electrons. The van der Waals surface area contributed by atoms with E-state index in [1.54, 1.807) is 18.3 Å². The highest BCUT2D eigenvalue weighted by atomic mass is 35.5. The molecule has 0 bridgehead atoms. The summed E-state index contributed by atoms with van der Waals surface area (Å²) in [7, 11) is 0. The second-order valence-electron chi connectivity index (χ2n) is 5.31. The van der Waals surface area contributed by atoms with Crippen LogP contribution in [0.25, 0.3) is 0 Å². The molecule has 3 rings (SSSR count). The Morgan fingerprint density at radius 1 is 1.23 bits per heavy atom. The smallest absolute Gasteiger partial charge is 0.358 e. The monoisotopic (exact) mass is 378 g/mol. The highest BCUT2D eigenvalue weighted by Crippen LogP contribution is 2.18. The minimum atomic E-state index is -0.642. The molecular formula is C15H12ClFN6O3. The summed E-state index contributed by atoms with van der Waals surface area (Å²) in [6.07, 6.45) is 2.97. The molecule has 0 fully saturated rings. The second-order valence-corrected chi connectivity index (χ2v) is 5.72. The van der Waals surface area contributed by atoms with Gasteiger partial charge in [-0.15, -0.1) is 0 Å². The van der Waals surface area contributed by atoms with Gasteiger partial charge in [-0.3, -0.25) is 9.48 Å². The molecule has 3 aromatic rings. The zero-order chi connectivity index (χ0) is 18.7. The summed E-state index contributed by atoms with van der Waals surface area (Å²) in [6.45, 7) is 0.116. The van der Waals surface area contributed by atoms with Crippen molar-refractivity contribution in [2.75, 3.05) is 5.32 Å². The number of halogens is 2. The number of carbonyl (C=O) groups excluding carboxylic acids is 1. The molecule has 1 N–H and O–H groups in total. The van der Waals surface area contributed by atoms with E-state index < -0.39 is 16.6 Å². The summed E-state index contributed by atoms with van der Waals surface area (Å²) in [4.78, 5) is 21.9. The summed E-state index contributed by atoms with van der Waals surface area (Å²) in [6, 6.07) is 6.86. The van der Waals surface area contributed by atoms with Crippen LogP contribution in [0.15, 0.2) is 42.7 Å². The van der Waals surface area contributed by atoms with E-state index in [1.807, 2.05) is 0 Å². The maximum Gasteiger partial charge on any atom is 0.389 e. The molecule has 0 spiro atoms. The second kappa shape index (κ2) is 7.31. The molecule has 26 heavy (non-hydrogen) atoms. The molecule has 0 saturated heterocycles. The Morgan fingerprint density at radius 3 is 2.69 bits per heavy atom. The lowest BCUT2D eigenvalue weighted by Gasteiger charge is -2.05. The third kappa shape index (κ3) is 4.22. The van der Waals surface area contributed by atoms with Crippen molar-refractivity contribution in [3.05, 3.63) is 69.2 Å². The van der Waals surface area contributed by atoms with Gasteiger partial charge in [0.1, 0.15) is 12.4 Å². The summed E-state index contributed by atoms with van der Waals surface area (Å²) in [5.41, 5.74) is 0.679. The van der Waals surface area contributed by atoms with Crippen LogP contribution in [0.2, 0.25) is 5.02 Å². The van der Waals surface area contributed by atoms with E-state index in [0.29, 0.717) is 17.9 Å². The lowest BCUT2D eigenvalue weighted by atomic mass is 10.2. The summed E-state index contributed by atoms with van der Waals surface area (Å²) < 4.78 is 15.8. The molecule has 0 aliphatic heterocycles. The Labute approximate surface area is 151 Å². The Bertz CT molecular complexity index is 970. The Balaban J connectivity index is 1.60. The van der Waals surface area contributed by atoms with Crippen LogP contribution in [0.1, 0.15) is 5.56 Å². The maximum absolute atomic E-state index is 13.1. The van der Waals surface area contributed by atoms with Crippen molar-refractivity contribution in [2.45, 2.75) is 13.1 Å². The molecule has 1 amide bonds. The maximum atomic E-state index is 13.1. The van der Waals surface area contributed by atoms with E-state index in [4.69, 9.17) is 11.6 Å². The molecule has 0 saturated carbocycles. The SMILES string of the molecule is O=C(Cn1ccc([N+](=O)[O-])n1)Nc1ccn(Cc2ccc(F)cc2Cl)n1. The van der Waals surface area contributed by atoms with Crippen LogP contribution in [0.3, 0.4) is 0 Å². The number of aromatic nitrogens is 4. The standard InChI is InChI=1S/C15H12ClFN6O3/c16-12-7-11(17)2-1-10(12)8-21-5-3-13(19-21)18-15(24)9-22-6-4-14(20-22)23(25)26/h1-7H,8-9H2,(H,18,19,24). The van der Waals surface area contributed by atoms with E-state index >= 15 is 0 Å². The average Bonchev–Trinajstić information content (AvgIpc) is 3.20. The number of anilines is 1. The van der Waals surface area contributed by atoms with Crippen LogP contribution >= 0.6 is 11.6 Å². The Hall–Kier alpha value is -3.27. The minimum absolute atomic E-state index is 0.190. The minimum Gasteiger partial charge on any atom is -0.358 e. The summed E-state index contributed by atoms with van der Waals surface area (Å²) >= 11 is 5.98. The molecule has 0 aliphatic rings. The molecule has 1 aromatic carbocycles. The van der Waals surface area contributed by atoms with Gasteiger partial charge in [0.15, 0.2) is 5.82 Å². The number of rotatable bonds is 6. The lowest BCUT2D eigenvalue weighted by molar-refractivity contribution is -0.389. The van der Waals surface area contributed by atoms with Crippen LogP contribution in [0.5, 0.6) is 0 Å². The van der Waals surface area contributed by atoms with Crippen molar-refractivity contribution in [1.29, 1.82) is 0 Å². The van der Waals surface area contributed by atoms with Crippen LogP contribution in [-0.4, -0.2) is 30.4 Å². The molecule has 9 nitrogen and oxygen atoms in total. The number of hydrogen-bond donors (Lipinski definition) is 1. The first-order chi connectivity index (χ1) is 12.4. The fourth-order valence-electron chi connectivity index (χ4n) is 2.21. The quantitative estimate of drug-likeness (QED) is 0.523. The van der Waals surface area contributed by atoms with Crippen LogP contribution in [0, 0.1) is 15.9 Å². The van der Waals surface area contributed by atoms with Gasteiger partial charge in [0.05, 0.1) is 23.9 Å². The molecule has 11 heteroatoms. The van der Waals surface area contributed by atoms with E-state index in [0.717, 1.165) is 4.68 Å². The van der Waals surface area contributed by atoms with Crippen molar-refractivity contribution < 1.29 is 14.1 Å². The average molecular weight is 379 g/mol. The zero-order valence-corrected chi connectivity index (χ0v) is 13.9. The van der Waals surface area contributed by atoms with Gasteiger partial charge in [-0.05, 0) is 22.6 Å². The number of carbonyl (C=O) groups is 1. The van der Waals surface area contributed by atoms with E-state index in [9.17, 15) is 19.3 Å². The highest BCUT2D eigenvalue weighted by molar-refractivity contribution is 6.31. The Morgan fingerprint density at radius 2 is 2.00 bits per heavy atom. The van der Waals surface area contributed by atoms with Crippen molar-refractivity contribution >= 4 is 29.1 Å². The molecule has 0 aliphatic carbocycles. The molecule has 0 atom stereocenters. The first-order valence-corrected chi connectivity index (χ1v) is 7.73. The number of amides is 1. The van der Waals surface area contributed by atoms with Gasteiger partial charge in [-0.2, -0.15) is 9.78 Å². The summed E-state index contributed by atoms with van der Waals surface area (Å²) in [5, 5.41) is 21.3. The van der Waals surface area contributed by atoms with Crippen molar-refractivity contribution in [1.82, 2.24) is 19.6 Å². The van der Waals surface area contributed by atoms with Gasteiger partial charge < -0.3 is 15.4 Å². The van der Waals surface area contributed by atoms with Gasteiger partial charge in [-0.25, -0.2) is 4.39 Å².